The summed E-state index contributed by atoms with van der Waals surface area (Å²) in [6.45, 7) is 0. The first-order chi connectivity index (χ1) is 2.00. The Morgan fingerprint density at radius 3 is 0.857 bits per heavy atom. The molecule has 1 radical (unpaired) electrons. The van der Waals surface area contributed by atoms with Crippen molar-refractivity contribution in [3.05, 3.63) is 0 Å². The average Bonchev–Trinajstić information content (AvgIpc) is 0.722. The van der Waals surface area contributed by atoms with Crippen LogP contribution in [0.3, 0.4) is 0 Å². The molecule has 0 aromatic rings. The molecule has 4 nitrogen and oxygen atoms in total. The van der Waals surface area contributed by atoms with Crippen LogP contribution >= 0.6 is 0 Å². The monoisotopic (exact) mass is 335 g/mol. The van der Waals surface area contributed by atoms with Gasteiger partial charge in [0.05, 0.1) is 0 Å². The van der Waals surface area contributed by atoms with Gasteiger partial charge in [-0.25, -0.2) is 0 Å². The molecular weight excluding hydrogens is 329 g/mol. The number of rotatable bonds is 0. The van der Waals surface area contributed by atoms with Crippen LogP contribution in [0.4, 0.5) is 0 Å². The summed E-state index contributed by atoms with van der Waals surface area (Å²) < 4.78 is 0. The molecule has 0 atom stereocenters. The Bertz CT molecular complexity index is 27.2. The van der Waals surface area contributed by atoms with Crippen molar-refractivity contribution in [1.29, 1.82) is 0 Å². The second-order valence-corrected chi connectivity index (χ2v) is 1.80. The van der Waals surface area contributed by atoms with Gasteiger partial charge in [-0.15, -0.1) is 0 Å². The second kappa shape index (κ2) is 6.18. The predicted molar refractivity (Wildman–Crippen MR) is 23.2 cm³/mol. The molecule has 0 aromatic heterocycles. The van der Waals surface area contributed by atoms with E-state index in [1.807, 2.05) is 0 Å². The van der Waals surface area contributed by atoms with Gasteiger partial charge in [0.2, 0.25) is 0 Å². The van der Waals surface area contributed by atoms with Crippen LogP contribution in [0.25, 0.3) is 0 Å². The number of hydrogen-bond acceptors (Lipinski definition) is 4. The Balaban J connectivity index is -0.0000000800. The van der Waals surface area contributed by atoms with Crippen molar-refractivity contribution in [2.24, 2.45) is 0 Å². The maximum atomic E-state index is 7.33. The molecule has 4 N–H and O–H groups in total. The molecule has 0 aromatic carbocycles. The van der Waals surface area contributed by atoms with Crippen LogP contribution in [0.15, 0.2) is 0 Å². The first-order valence-electron chi connectivity index (χ1n) is 0.894. The third kappa shape index (κ3) is 69.9. The summed E-state index contributed by atoms with van der Waals surface area (Å²) in [4.78, 5) is 29.3. The Kier molecular flexibility index (Phi) is 14.2. The minimum atomic E-state index is -4.61. The summed E-state index contributed by atoms with van der Waals surface area (Å²) in [5.41, 5.74) is 0. The topological polar surface area (TPSA) is 80.9 Å². The van der Waals surface area contributed by atoms with Gasteiger partial charge in [-0.1, -0.05) is 0 Å². The average molecular weight is 335 g/mol. The van der Waals surface area contributed by atoms with Crippen LogP contribution in [0, 0.1) is 0 Å². The van der Waals surface area contributed by atoms with Crippen molar-refractivity contribution in [1.82, 2.24) is 0 Å². The van der Waals surface area contributed by atoms with E-state index in [1.165, 1.54) is 0 Å². The normalized spacial score (nSPS) is 8.57. The molecular formula is H6AuCaO4Si. The quantitative estimate of drug-likeness (QED) is 0.346. The van der Waals surface area contributed by atoms with Gasteiger partial charge in [0, 0.05) is 22.4 Å². The molecule has 0 aliphatic rings. The van der Waals surface area contributed by atoms with Crippen LogP contribution in [0.1, 0.15) is 0 Å². The summed E-state index contributed by atoms with van der Waals surface area (Å²) in [5.74, 6) is 0. The molecule has 0 fully saturated rings. The Labute approximate surface area is 87.2 Å². The van der Waals surface area contributed by atoms with Gasteiger partial charge in [0.15, 0.2) is 0 Å². The molecule has 7 heteroatoms. The zero-order valence-corrected chi connectivity index (χ0v) is 5.76. The van der Waals surface area contributed by atoms with E-state index in [2.05, 4.69) is 0 Å². The fourth-order valence-corrected chi connectivity index (χ4v) is 0. The standard InChI is InChI=1S/Au.Ca.H4O4Si.2H/c;;1-5(2,3)4;;/h;;1-4H;;. The fourth-order valence-electron chi connectivity index (χ4n) is 0. The summed E-state index contributed by atoms with van der Waals surface area (Å²) in [5, 5.41) is 0. The molecule has 0 saturated heterocycles. The van der Waals surface area contributed by atoms with E-state index in [0.717, 1.165) is 0 Å². The molecule has 47 valence electrons. The molecule has 7 heavy (non-hydrogen) atoms. The molecule has 0 bridgehead atoms. The summed E-state index contributed by atoms with van der Waals surface area (Å²) >= 11 is 0. The third-order valence-electron chi connectivity index (χ3n) is 0. The van der Waals surface area contributed by atoms with E-state index in [1.54, 1.807) is 0 Å². The first-order valence-corrected chi connectivity index (χ1v) is 2.68. The molecule has 0 rings (SSSR count). The van der Waals surface area contributed by atoms with E-state index in [-0.39, 0.29) is 60.1 Å². The van der Waals surface area contributed by atoms with Gasteiger partial charge < -0.3 is 19.2 Å². The summed E-state index contributed by atoms with van der Waals surface area (Å²) in [6.07, 6.45) is 0. The Hall–Kier alpha value is 2.06. The van der Waals surface area contributed by atoms with E-state index >= 15 is 0 Å². The van der Waals surface area contributed by atoms with E-state index in [9.17, 15) is 0 Å². The molecule has 0 spiro atoms. The van der Waals surface area contributed by atoms with Crippen LogP contribution < -0.4 is 0 Å². The second-order valence-electron chi connectivity index (χ2n) is 0.600. The van der Waals surface area contributed by atoms with Crippen LogP contribution in [-0.4, -0.2) is 66.0 Å². The van der Waals surface area contributed by atoms with Gasteiger partial charge in [-0.05, 0) is 0 Å². The van der Waals surface area contributed by atoms with Crippen molar-refractivity contribution < 1.29 is 41.6 Å². The minimum absolute atomic E-state index is 0. The molecule has 0 amide bonds. The van der Waals surface area contributed by atoms with E-state index < -0.39 is 9.05 Å². The predicted octanol–water partition coefficient (Wildman–Crippen LogP) is -3.53. The van der Waals surface area contributed by atoms with Gasteiger partial charge in [-0.2, -0.15) is 0 Å². The van der Waals surface area contributed by atoms with Gasteiger partial charge in [-0.3, -0.25) is 0 Å². The van der Waals surface area contributed by atoms with Crippen molar-refractivity contribution in [2.75, 3.05) is 0 Å². The van der Waals surface area contributed by atoms with Gasteiger partial charge in [0.1, 0.15) is 0 Å². The SMILES string of the molecule is O[Si](O)(O)O.[Au].[CaH2]. The van der Waals surface area contributed by atoms with Crippen LogP contribution in [0.2, 0.25) is 0 Å². The van der Waals surface area contributed by atoms with Crippen LogP contribution in [-0.2, 0) is 22.4 Å². The Morgan fingerprint density at radius 2 is 0.857 bits per heavy atom. The van der Waals surface area contributed by atoms with Crippen molar-refractivity contribution >= 4 is 46.8 Å². The molecule has 0 saturated carbocycles. The molecule has 0 unspecified atom stereocenters. The summed E-state index contributed by atoms with van der Waals surface area (Å²) in [7, 11) is -4.61. The van der Waals surface area contributed by atoms with Gasteiger partial charge in [0.25, 0.3) is 0 Å². The fraction of sp³-hybridized carbons (Fsp3) is 0. The zero-order valence-electron chi connectivity index (χ0n) is 2.59. The van der Waals surface area contributed by atoms with Gasteiger partial charge >= 0.3 is 46.8 Å². The number of hydrogen-bond donors (Lipinski definition) is 4. The van der Waals surface area contributed by atoms with E-state index in [4.69, 9.17) is 19.2 Å². The van der Waals surface area contributed by atoms with Crippen molar-refractivity contribution in [3.8, 4) is 0 Å². The maximum absolute atomic E-state index is 7.33. The third-order valence-corrected chi connectivity index (χ3v) is 0. The van der Waals surface area contributed by atoms with Crippen molar-refractivity contribution in [3.63, 3.8) is 0 Å². The zero-order chi connectivity index (χ0) is 4.50. The summed E-state index contributed by atoms with van der Waals surface area (Å²) in [6, 6.07) is 0. The van der Waals surface area contributed by atoms with Crippen LogP contribution in [0.5, 0.6) is 0 Å². The molecule has 0 aliphatic heterocycles. The van der Waals surface area contributed by atoms with Crippen molar-refractivity contribution in [2.45, 2.75) is 0 Å². The molecule has 0 heterocycles. The first kappa shape index (κ1) is 16.0. The van der Waals surface area contributed by atoms with E-state index in [0.29, 0.717) is 0 Å². The Morgan fingerprint density at radius 1 is 0.857 bits per heavy atom. The molecule has 0 aliphatic carbocycles.